The lowest BCUT2D eigenvalue weighted by Crippen LogP contribution is -2.42. The van der Waals surface area contributed by atoms with Crippen molar-refractivity contribution in [2.45, 2.75) is 6.04 Å². The Balaban J connectivity index is 1.59. The van der Waals surface area contributed by atoms with Crippen LogP contribution in [0.15, 0.2) is 36.8 Å². The van der Waals surface area contributed by atoms with Gasteiger partial charge < -0.3 is 25.4 Å². The average molecular weight is 462 g/mol. The van der Waals surface area contributed by atoms with Crippen LogP contribution in [0.4, 0.5) is 27.5 Å². The van der Waals surface area contributed by atoms with Crippen LogP contribution in [0.5, 0.6) is 0 Å². The number of anilines is 4. The van der Waals surface area contributed by atoms with E-state index in [-0.39, 0.29) is 47.1 Å². The predicted molar refractivity (Wildman–Crippen MR) is 117 cm³/mol. The second kappa shape index (κ2) is 9.47. The van der Waals surface area contributed by atoms with Crippen LogP contribution in [-0.4, -0.2) is 57.1 Å². The van der Waals surface area contributed by atoms with E-state index in [1.807, 2.05) is 0 Å². The van der Waals surface area contributed by atoms with Crippen molar-refractivity contribution in [3.8, 4) is 0 Å². The largest absolute Gasteiger partial charge is 0.394 e. The van der Waals surface area contributed by atoms with Gasteiger partial charge in [-0.1, -0.05) is 23.7 Å². The Morgan fingerprint density at radius 3 is 2.94 bits per heavy atom. The first-order valence-electron chi connectivity index (χ1n) is 9.78. The number of carbonyl (C=O) groups is 1. The van der Waals surface area contributed by atoms with Gasteiger partial charge in [0.15, 0.2) is 11.6 Å². The van der Waals surface area contributed by atoms with Gasteiger partial charge >= 0.3 is 0 Å². The number of hydrogen-bond acceptors (Lipinski definition) is 8. The van der Waals surface area contributed by atoms with Crippen molar-refractivity contribution in [1.82, 2.24) is 19.7 Å². The normalized spacial score (nSPS) is 15.0. The van der Waals surface area contributed by atoms with Crippen LogP contribution >= 0.6 is 11.6 Å². The van der Waals surface area contributed by atoms with Crippen LogP contribution < -0.4 is 15.5 Å². The van der Waals surface area contributed by atoms with Crippen molar-refractivity contribution in [3.05, 3.63) is 53.2 Å². The number of hydrogen-bond donors (Lipinski definition) is 3. The van der Waals surface area contributed by atoms with Gasteiger partial charge in [0.05, 0.1) is 43.0 Å². The Labute approximate surface area is 188 Å². The van der Waals surface area contributed by atoms with E-state index in [0.717, 1.165) is 0 Å². The molecule has 1 aliphatic rings. The summed E-state index contributed by atoms with van der Waals surface area (Å²) in [5.74, 6) is -0.493. The SMILES string of the molecule is Cn1cc(Nc2ncc(Cl)c(NC(CO)c3cccc(N4CCOCC4=O)c3F)n2)cn1. The van der Waals surface area contributed by atoms with Crippen LogP contribution in [0.25, 0.3) is 0 Å². The van der Waals surface area contributed by atoms with E-state index in [2.05, 4.69) is 25.7 Å². The molecule has 1 fully saturated rings. The molecule has 32 heavy (non-hydrogen) atoms. The maximum absolute atomic E-state index is 15.4. The molecule has 4 rings (SSSR count). The van der Waals surface area contributed by atoms with Crippen molar-refractivity contribution in [1.29, 1.82) is 0 Å². The van der Waals surface area contributed by atoms with Crippen molar-refractivity contribution in [2.75, 3.05) is 41.9 Å². The zero-order valence-electron chi connectivity index (χ0n) is 17.1. The van der Waals surface area contributed by atoms with Gasteiger partial charge in [0, 0.05) is 25.4 Å². The van der Waals surface area contributed by atoms with E-state index in [4.69, 9.17) is 16.3 Å². The minimum atomic E-state index is -0.871. The second-order valence-electron chi connectivity index (χ2n) is 7.08. The van der Waals surface area contributed by atoms with Crippen LogP contribution in [0.2, 0.25) is 5.02 Å². The standard InChI is InChI=1S/C20H21ClFN7O3/c1-28-9-12(7-24-28)25-20-23-8-14(21)19(27-20)26-15(10-30)13-3-2-4-16(18(13)22)29-5-6-32-11-17(29)31/h2-4,7-9,15,30H,5-6,10-11H2,1H3,(H2,23,25,26,27). The second-order valence-corrected chi connectivity index (χ2v) is 7.48. The van der Waals surface area contributed by atoms with Gasteiger partial charge in [0.2, 0.25) is 5.95 Å². The number of aliphatic hydroxyl groups excluding tert-OH is 1. The monoisotopic (exact) mass is 461 g/mol. The quantitative estimate of drug-likeness (QED) is 0.490. The number of aryl methyl sites for hydroxylation is 1. The lowest BCUT2D eigenvalue weighted by Gasteiger charge is -2.28. The molecule has 3 heterocycles. The van der Waals surface area contributed by atoms with Gasteiger partial charge in [0.25, 0.3) is 5.91 Å². The minimum absolute atomic E-state index is 0.103. The van der Waals surface area contributed by atoms with E-state index in [0.29, 0.717) is 12.3 Å². The van der Waals surface area contributed by atoms with Crippen molar-refractivity contribution >= 4 is 40.6 Å². The number of nitrogens with zero attached hydrogens (tertiary/aromatic N) is 5. The first-order valence-corrected chi connectivity index (χ1v) is 10.2. The Morgan fingerprint density at radius 1 is 1.38 bits per heavy atom. The van der Waals surface area contributed by atoms with Gasteiger partial charge in [-0.2, -0.15) is 10.1 Å². The maximum Gasteiger partial charge on any atom is 0.253 e. The molecule has 10 nitrogen and oxygen atoms in total. The molecule has 0 saturated carbocycles. The number of amides is 1. The molecular formula is C20H21ClFN7O3. The average Bonchev–Trinajstić information content (AvgIpc) is 3.19. The molecule has 12 heteroatoms. The van der Waals surface area contributed by atoms with Crippen LogP contribution in [-0.2, 0) is 16.6 Å². The number of carbonyl (C=O) groups excluding carboxylic acids is 1. The number of ether oxygens (including phenoxy) is 1. The first kappa shape index (κ1) is 21.9. The minimum Gasteiger partial charge on any atom is -0.394 e. The van der Waals surface area contributed by atoms with E-state index in [1.165, 1.54) is 23.2 Å². The molecule has 2 aromatic heterocycles. The fraction of sp³-hybridized carbons (Fsp3) is 0.300. The first-order chi connectivity index (χ1) is 15.5. The van der Waals surface area contributed by atoms with Crippen LogP contribution in [0.3, 0.4) is 0 Å². The zero-order chi connectivity index (χ0) is 22.7. The summed E-state index contributed by atoms with van der Waals surface area (Å²) in [7, 11) is 1.78. The summed E-state index contributed by atoms with van der Waals surface area (Å²) in [4.78, 5) is 21.9. The number of halogens is 2. The summed E-state index contributed by atoms with van der Waals surface area (Å²) in [6, 6.07) is 3.80. The highest BCUT2D eigenvalue weighted by Crippen LogP contribution is 2.31. The summed E-state index contributed by atoms with van der Waals surface area (Å²) < 4.78 is 22.1. The molecule has 1 amide bonds. The summed E-state index contributed by atoms with van der Waals surface area (Å²) >= 11 is 6.23. The van der Waals surface area contributed by atoms with Crippen molar-refractivity contribution in [3.63, 3.8) is 0 Å². The summed E-state index contributed by atoms with van der Waals surface area (Å²) in [6.45, 7) is 0.0234. The van der Waals surface area contributed by atoms with Gasteiger partial charge in [-0.05, 0) is 6.07 Å². The number of rotatable bonds is 7. The highest BCUT2D eigenvalue weighted by atomic mass is 35.5. The molecule has 0 aliphatic carbocycles. The number of nitrogens with one attached hydrogen (secondary N) is 2. The molecule has 0 spiro atoms. The molecule has 1 atom stereocenters. The Kier molecular flexibility index (Phi) is 6.49. The van der Waals surface area contributed by atoms with Crippen molar-refractivity contribution in [2.24, 2.45) is 7.05 Å². The van der Waals surface area contributed by atoms with Crippen LogP contribution in [0, 0.1) is 5.82 Å². The molecule has 1 unspecified atom stereocenters. The van der Waals surface area contributed by atoms with Crippen LogP contribution in [0.1, 0.15) is 11.6 Å². The fourth-order valence-corrected chi connectivity index (χ4v) is 3.46. The van der Waals surface area contributed by atoms with E-state index >= 15 is 4.39 Å². The summed E-state index contributed by atoms with van der Waals surface area (Å²) in [6.07, 6.45) is 4.74. The molecule has 1 aromatic carbocycles. The third-order valence-electron chi connectivity index (χ3n) is 4.86. The molecule has 0 radical (unpaired) electrons. The predicted octanol–water partition coefficient (Wildman–Crippen LogP) is 2.25. The number of benzene rings is 1. The Hall–Kier alpha value is -3.28. The highest BCUT2D eigenvalue weighted by Gasteiger charge is 2.26. The van der Waals surface area contributed by atoms with Gasteiger partial charge in [-0.15, -0.1) is 0 Å². The molecular weight excluding hydrogens is 441 g/mol. The topological polar surface area (TPSA) is 117 Å². The van der Waals surface area contributed by atoms with E-state index in [1.54, 1.807) is 30.2 Å². The summed E-state index contributed by atoms with van der Waals surface area (Å²) in [5.41, 5.74) is 0.970. The third kappa shape index (κ3) is 4.64. The highest BCUT2D eigenvalue weighted by molar-refractivity contribution is 6.32. The molecule has 0 bridgehead atoms. The molecule has 3 N–H and O–H groups in total. The third-order valence-corrected chi connectivity index (χ3v) is 5.14. The summed E-state index contributed by atoms with van der Waals surface area (Å²) in [5, 5.41) is 20.2. The fourth-order valence-electron chi connectivity index (χ4n) is 3.32. The van der Waals surface area contributed by atoms with Gasteiger partial charge in [0.1, 0.15) is 11.6 Å². The van der Waals surface area contributed by atoms with E-state index < -0.39 is 18.5 Å². The van der Waals surface area contributed by atoms with Gasteiger partial charge in [-0.3, -0.25) is 9.48 Å². The van der Waals surface area contributed by atoms with Gasteiger partial charge in [-0.25, -0.2) is 9.37 Å². The molecule has 1 aliphatic heterocycles. The number of aliphatic hydroxyl groups is 1. The molecule has 3 aromatic rings. The Bertz CT molecular complexity index is 1130. The van der Waals surface area contributed by atoms with E-state index in [9.17, 15) is 9.90 Å². The lowest BCUT2D eigenvalue weighted by atomic mass is 10.0. The maximum atomic E-state index is 15.4. The Morgan fingerprint density at radius 2 is 2.22 bits per heavy atom. The number of morpholine rings is 1. The molecule has 1 saturated heterocycles. The molecule has 168 valence electrons. The van der Waals surface area contributed by atoms with Crippen molar-refractivity contribution < 1.29 is 19.0 Å². The smallest absolute Gasteiger partial charge is 0.253 e. The zero-order valence-corrected chi connectivity index (χ0v) is 17.9. The lowest BCUT2D eigenvalue weighted by molar-refractivity contribution is -0.125. The number of aromatic nitrogens is 4.